The Bertz CT molecular complexity index is 537. The third-order valence-electron chi connectivity index (χ3n) is 2.84. The van der Waals surface area contributed by atoms with E-state index in [9.17, 15) is 9.59 Å². The molecule has 0 atom stereocenters. The van der Waals surface area contributed by atoms with Crippen molar-refractivity contribution in [1.82, 2.24) is 10.6 Å². The van der Waals surface area contributed by atoms with Gasteiger partial charge in [0.15, 0.2) is 0 Å². The Morgan fingerprint density at radius 3 is 2.95 bits per heavy atom. The highest BCUT2D eigenvalue weighted by atomic mass is 79.9. The van der Waals surface area contributed by atoms with Crippen LogP contribution >= 0.6 is 27.5 Å². The third-order valence-corrected chi connectivity index (χ3v) is 3.49. The molecule has 2 N–H and O–H groups in total. The number of hydrogen-bond acceptors (Lipinski definition) is 3. The smallest absolute Gasteiger partial charge is 0.321 e. The molecule has 0 aromatic heterocycles. The minimum Gasteiger partial charge on any atom is -0.493 e. The SMILES string of the molecule is O=C(CCCl)NC(=O)NCc1cc(Br)cc2c1OCC2. The van der Waals surface area contributed by atoms with E-state index in [1.807, 2.05) is 12.1 Å². The monoisotopic (exact) mass is 360 g/mol. The number of fused-ring (bicyclic) bond motifs is 1. The van der Waals surface area contributed by atoms with Crippen molar-refractivity contribution in [2.75, 3.05) is 12.5 Å². The van der Waals surface area contributed by atoms with Gasteiger partial charge in [0.2, 0.25) is 5.91 Å². The maximum absolute atomic E-state index is 11.5. The van der Waals surface area contributed by atoms with Gasteiger partial charge in [-0.2, -0.15) is 0 Å². The summed E-state index contributed by atoms with van der Waals surface area (Å²) in [6.45, 7) is 0.945. The summed E-state index contributed by atoms with van der Waals surface area (Å²) in [6.07, 6.45) is 0.979. The highest BCUT2D eigenvalue weighted by Crippen LogP contribution is 2.32. The molecule has 1 aromatic rings. The molecule has 0 aliphatic carbocycles. The van der Waals surface area contributed by atoms with E-state index < -0.39 is 11.9 Å². The van der Waals surface area contributed by atoms with E-state index in [0.717, 1.165) is 27.8 Å². The summed E-state index contributed by atoms with van der Waals surface area (Å²) in [5, 5.41) is 4.84. The van der Waals surface area contributed by atoms with Crippen molar-refractivity contribution in [2.45, 2.75) is 19.4 Å². The fraction of sp³-hybridized carbons (Fsp3) is 0.385. The second kappa shape index (κ2) is 6.95. The van der Waals surface area contributed by atoms with Gasteiger partial charge in [-0.05, 0) is 17.7 Å². The van der Waals surface area contributed by atoms with Crippen LogP contribution in [0.4, 0.5) is 4.79 Å². The van der Waals surface area contributed by atoms with Crippen LogP contribution in [-0.2, 0) is 17.8 Å². The second-order valence-electron chi connectivity index (χ2n) is 4.32. The van der Waals surface area contributed by atoms with Crippen LogP contribution in [0.15, 0.2) is 16.6 Å². The fourth-order valence-corrected chi connectivity index (χ4v) is 2.70. The number of halogens is 2. The van der Waals surface area contributed by atoms with E-state index in [2.05, 4.69) is 26.6 Å². The van der Waals surface area contributed by atoms with E-state index >= 15 is 0 Å². The van der Waals surface area contributed by atoms with E-state index in [1.165, 1.54) is 0 Å². The summed E-state index contributed by atoms with van der Waals surface area (Å²) in [7, 11) is 0. The summed E-state index contributed by atoms with van der Waals surface area (Å²) < 4.78 is 6.50. The van der Waals surface area contributed by atoms with Crippen molar-refractivity contribution in [2.24, 2.45) is 0 Å². The lowest BCUT2D eigenvalue weighted by Crippen LogP contribution is -2.39. The first-order valence-electron chi connectivity index (χ1n) is 6.18. The van der Waals surface area contributed by atoms with E-state index in [4.69, 9.17) is 16.3 Å². The zero-order chi connectivity index (χ0) is 14.5. The van der Waals surface area contributed by atoms with E-state index in [-0.39, 0.29) is 12.3 Å². The number of amides is 3. The van der Waals surface area contributed by atoms with Crippen molar-refractivity contribution in [3.05, 3.63) is 27.7 Å². The molecule has 0 spiro atoms. The summed E-state index contributed by atoms with van der Waals surface area (Å²) in [4.78, 5) is 22.8. The van der Waals surface area contributed by atoms with Gasteiger partial charge in [-0.15, -0.1) is 11.6 Å². The highest BCUT2D eigenvalue weighted by Gasteiger charge is 2.18. The van der Waals surface area contributed by atoms with Crippen LogP contribution in [-0.4, -0.2) is 24.4 Å². The third kappa shape index (κ3) is 3.86. The van der Waals surface area contributed by atoms with E-state index in [0.29, 0.717) is 13.2 Å². The Morgan fingerprint density at radius 2 is 2.20 bits per heavy atom. The molecule has 0 fully saturated rings. The van der Waals surface area contributed by atoms with Gasteiger partial charge in [0.1, 0.15) is 5.75 Å². The molecule has 1 aliphatic rings. The number of rotatable bonds is 4. The Hall–Kier alpha value is -1.27. The number of imide groups is 1. The normalized spacial score (nSPS) is 12.5. The average Bonchev–Trinajstić information content (AvgIpc) is 2.84. The van der Waals surface area contributed by atoms with Gasteiger partial charge in [0.25, 0.3) is 0 Å². The fourth-order valence-electron chi connectivity index (χ4n) is 1.97. The Balaban J connectivity index is 1.94. The summed E-state index contributed by atoms with van der Waals surface area (Å²) in [6, 6.07) is 3.37. The highest BCUT2D eigenvalue weighted by molar-refractivity contribution is 9.10. The molecule has 20 heavy (non-hydrogen) atoms. The summed E-state index contributed by atoms with van der Waals surface area (Å²) in [5.41, 5.74) is 2.00. The molecule has 1 aliphatic heterocycles. The van der Waals surface area contributed by atoms with Gasteiger partial charge < -0.3 is 10.1 Å². The molecule has 2 rings (SSSR count). The molecule has 0 saturated heterocycles. The van der Waals surface area contributed by atoms with Crippen LogP contribution < -0.4 is 15.4 Å². The Labute approximate surface area is 130 Å². The van der Waals surface area contributed by atoms with Gasteiger partial charge in [0.05, 0.1) is 6.61 Å². The lowest BCUT2D eigenvalue weighted by molar-refractivity contribution is -0.119. The molecule has 0 saturated carbocycles. The molecule has 0 bridgehead atoms. The molecule has 0 radical (unpaired) electrons. The molecular formula is C13H14BrClN2O3. The predicted octanol–water partition coefficient (Wildman–Crippen LogP) is 2.34. The summed E-state index contributed by atoms with van der Waals surface area (Å²) >= 11 is 8.85. The van der Waals surface area contributed by atoms with Gasteiger partial charge in [-0.25, -0.2) is 4.79 Å². The first-order valence-corrected chi connectivity index (χ1v) is 7.50. The number of nitrogens with one attached hydrogen (secondary N) is 2. The number of carbonyl (C=O) groups excluding carboxylic acids is 2. The lowest BCUT2D eigenvalue weighted by atomic mass is 10.1. The first-order chi connectivity index (χ1) is 9.60. The number of hydrogen-bond donors (Lipinski definition) is 2. The van der Waals surface area contributed by atoms with Crippen LogP contribution in [0.1, 0.15) is 17.5 Å². The van der Waals surface area contributed by atoms with Gasteiger partial charge >= 0.3 is 6.03 Å². The van der Waals surface area contributed by atoms with Gasteiger partial charge in [-0.3, -0.25) is 10.1 Å². The molecule has 1 heterocycles. The van der Waals surface area contributed by atoms with Crippen molar-refractivity contribution < 1.29 is 14.3 Å². The minimum absolute atomic E-state index is 0.115. The van der Waals surface area contributed by atoms with E-state index in [1.54, 1.807) is 0 Å². The Kier molecular flexibility index (Phi) is 5.25. The molecule has 108 valence electrons. The molecule has 7 heteroatoms. The summed E-state index contributed by atoms with van der Waals surface area (Å²) in [5.74, 6) is 0.611. The quantitative estimate of drug-likeness (QED) is 0.809. The predicted molar refractivity (Wildman–Crippen MR) is 79.1 cm³/mol. The topological polar surface area (TPSA) is 67.4 Å². The standard InChI is InChI=1S/C13H14BrClN2O3/c14-10-5-8-2-4-20-12(8)9(6-10)7-16-13(19)17-11(18)1-3-15/h5-6H,1-4,7H2,(H2,16,17,18,19). The lowest BCUT2D eigenvalue weighted by Gasteiger charge is -2.10. The molecule has 5 nitrogen and oxygen atoms in total. The molecule has 3 amide bonds. The van der Waals surface area contributed by atoms with Gasteiger partial charge in [0, 0.05) is 35.3 Å². The van der Waals surface area contributed by atoms with Crippen LogP contribution in [0.2, 0.25) is 0 Å². The van der Waals surface area contributed by atoms with Crippen molar-refractivity contribution in [1.29, 1.82) is 0 Å². The zero-order valence-corrected chi connectivity index (χ0v) is 13.0. The largest absolute Gasteiger partial charge is 0.493 e. The van der Waals surface area contributed by atoms with Crippen molar-refractivity contribution in [3.63, 3.8) is 0 Å². The maximum Gasteiger partial charge on any atom is 0.321 e. The number of carbonyl (C=O) groups is 2. The Morgan fingerprint density at radius 1 is 1.40 bits per heavy atom. The number of ether oxygens (including phenoxy) is 1. The molecule has 1 aromatic carbocycles. The van der Waals surface area contributed by atoms with Crippen LogP contribution in [0.5, 0.6) is 5.75 Å². The number of urea groups is 1. The molecule has 0 unspecified atom stereocenters. The second-order valence-corrected chi connectivity index (χ2v) is 5.62. The van der Waals surface area contributed by atoms with Gasteiger partial charge in [-0.1, -0.05) is 15.9 Å². The average molecular weight is 362 g/mol. The molecular weight excluding hydrogens is 348 g/mol. The van der Waals surface area contributed by atoms with Crippen LogP contribution in [0.25, 0.3) is 0 Å². The number of alkyl halides is 1. The van der Waals surface area contributed by atoms with Crippen molar-refractivity contribution >= 4 is 39.5 Å². The van der Waals surface area contributed by atoms with Crippen LogP contribution in [0, 0.1) is 0 Å². The maximum atomic E-state index is 11.5. The zero-order valence-electron chi connectivity index (χ0n) is 10.7. The minimum atomic E-state index is -0.535. The number of benzene rings is 1. The van der Waals surface area contributed by atoms with Crippen molar-refractivity contribution in [3.8, 4) is 5.75 Å². The first kappa shape index (κ1) is 15.1. The van der Waals surface area contributed by atoms with Crippen LogP contribution in [0.3, 0.4) is 0 Å².